The second-order valence-corrected chi connectivity index (χ2v) is 7.45. The van der Waals surface area contributed by atoms with E-state index in [1.807, 2.05) is 0 Å². The summed E-state index contributed by atoms with van der Waals surface area (Å²) in [5.74, 6) is -1.06. The maximum absolute atomic E-state index is 11.4. The topological polar surface area (TPSA) is 143 Å². The molecule has 9 nitrogen and oxygen atoms in total. The van der Waals surface area contributed by atoms with Gasteiger partial charge in [0.05, 0.1) is 11.5 Å². The van der Waals surface area contributed by atoms with Gasteiger partial charge in [0.2, 0.25) is 0 Å². The van der Waals surface area contributed by atoms with E-state index in [4.69, 9.17) is 16.1 Å². The van der Waals surface area contributed by atoms with Gasteiger partial charge in [-0.3, -0.25) is 4.90 Å². The first-order chi connectivity index (χ1) is 13.4. The number of para-hydroxylation sites is 1. The van der Waals surface area contributed by atoms with Crippen LogP contribution in [0.4, 0.5) is 0 Å². The molecule has 10 heteroatoms. The number of hydrogen-bond donors (Lipinski definition) is 4. The van der Waals surface area contributed by atoms with Crippen LogP contribution >= 0.6 is 0 Å². The molecule has 1 saturated heterocycles. The van der Waals surface area contributed by atoms with Crippen molar-refractivity contribution in [3.05, 3.63) is 46.5 Å². The smallest absolute Gasteiger partial charge is 0.536 e. The Bertz CT molecular complexity index is 761. The van der Waals surface area contributed by atoms with Gasteiger partial charge in [0.15, 0.2) is 0 Å². The maximum atomic E-state index is 11.4. The van der Waals surface area contributed by atoms with E-state index in [2.05, 4.69) is 21.9 Å². The van der Waals surface area contributed by atoms with Crippen molar-refractivity contribution in [2.45, 2.75) is 24.8 Å². The molecule has 1 aromatic rings. The van der Waals surface area contributed by atoms with Crippen LogP contribution in [0.2, 0.25) is 0 Å². The zero-order chi connectivity index (χ0) is 20.3. The van der Waals surface area contributed by atoms with Crippen molar-refractivity contribution in [3.8, 4) is 5.75 Å². The van der Waals surface area contributed by atoms with Gasteiger partial charge in [0.1, 0.15) is 5.75 Å². The summed E-state index contributed by atoms with van der Waals surface area (Å²) in [6.45, 7) is 6.89. The van der Waals surface area contributed by atoms with E-state index < -0.39 is 19.0 Å². The first-order valence-corrected chi connectivity index (χ1v) is 9.39. The molecule has 6 N–H and O–H groups in total. The number of nitroso groups, excluding NO2 is 1. The standard InChI is InChI=1S/C18H26BN5O4/c1-11(9-24-6-5-15(21)13(8-20)10-24)22-16-7-12-3-2-4-14(18(25)26)17(12)28-19(16)23-27/h2-4,13,15-16,22H,1,5-10,20-21H2,(H,25,26). The van der Waals surface area contributed by atoms with Gasteiger partial charge in [-0.2, -0.15) is 4.91 Å². The fraction of sp³-hybridized carbons (Fsp3) is 0.500. The van der Waals surface area contributed by atoms with E-state index in [1.54, 1.807) is 12.1 Å². The Hall–Kier alpha value is -2.43. The third kappa shape index (κ3) is 4.35. The Morgan fingerprint density at radius 3 is 2.96 bits per heavy atom. The summed E-state index contributed by atoms with van der Waals surface area (Å²) in [7, 11) is -1.03. The zero-order valence-electron chi connectivity index (χ0n) is 15.7. The highest BCUT2D eigenvalue weighted by molar-refractivity contribution is 6.53. The van der Waals surface area contributed by atoms with E-state index in [0.29, 0.717) is 19.5 Å². The molecular formula is C18H26BN5O4. The van der Waals surface area contributed by atoms with Crippen molar-refractivity contribution in [2.24, 2.45) is 22.5 Å². The number of fused-ring (bicyclic) bond motifs is 1. The second-order valence-electron chi connectivity index (χ2n) is 7.45. The lowest BCUT2D eigenvalue weighted by Gasteiger charge is -2.37. The normalized spacial score (nSPS) is 24.8. The van der Waals surface area contributed by atoms with Crippen LogP contribution < -0.4 is 21.4 Å². The summed E-state index contributed by atoms with van der Waals surface area (Å²) in [6.07, 6.45) is 1.30. The minimum Gasteiger partial charge on any atom is -0.536 e. The molecule has 0 saturated carbocycles. The number of nitrogens with two attached hydrogens (primary N) is 2. The number of likely N-dealkylation sites (tertiary alicyclic amines) is 1. The number of benzene rings is 1. The fourth-order valence-corrected chi connectivity index (χ4v) is 3.91. The SMILES string of the molecule is C=C(CN1CCC(N)C(CN)C1)NC1Cc2cccc(C(=O)O)c2OB1N=O. The number of piperidine rings is 1. The van der Waals surface area contributed by atoms with Crippen LogP contribution in [-0.2, 0) is 6.42 Å². The van der Waals surface area contributed by atoms with Gasteiger partial charge in [-0.05, 0) is 36.9 Å². The number of rotatable bonds is 7. The first-order valence-electron chi connectivity index (χ1n) is 9.39. The molecule has 3 rings (SSSR count). The Kier molecular flexibility index (Phi) is 6.33. The molecule has 150 valence electrons. The third-order valence-electron chi connectivity index (χ3n) is 5.44. The molecule has 1 fully saturated rings. The monoisotopic (exact) mass is 387 g/mol. The van der Waals surface area contributed by atoms with Gasteiger partial charge in [0, 0.05) is 31.4 Å². The second kappa shape index (κ2) is 8.72. The molecule has 2 aliphatic rings. The van der Waals surface area contributed by atoms with Crippen LogP contribution in [0, 0.1) is 10.8 Å². The predicted molar refractivity (Wildman–Crippen MR) is 107 cm³/mol. The van der Waals surface area contributed by atoms with Crippen molar-refractivity contribution in [1.29, 1.82) is 0 Å². The highest BCUT2D eigenvalue weighted by Gasteiger charge is 2.40. The Balaban J connectivity index is 1.65. The van der Waals surface area contributed by atoms with Gasteiger partial charge in [-0.25, -0.2) is 4.79 Å². The lowest BCUT2D eigenvalue weighted by Crippen LogP contribution is -2.53. The van der Waals surface area contributed by atoms with Crippen molar-refractivity contribution in [3.63, 3.8) is 0 Å². The summed E-state index contributed by atoms with van der Waals surface area (Å²) in [5.41, 5.74) is 13.4. The van der Waals surface area contributed by atoms with Crippen molar-refractivity contribution < 1.29 is 14.6 Å². The minimum absolute atomic E-state index is 0.0286. The summed E-state index contributed by atoms with van der Waals surface area (Å²) >= 11 is 0. The molecule has 0 aromatic heterocycles. The average molecular weight is 387 g/mol. The molecule has 0 amide bonds. The van der Waals surface area contributed by atoms with Crippen LogP contribution in [0.3, 0.4) is 0 Å². The quantitative estimate of drug-likeness (QED) is 0.384. The van der Waals surface area contributed by atoms with Gasteiger partial charge in [-0.1, -0.05) is 23.8 Å². The number of hydrogen-bond acceptors (Lipinski definition) is 8. The molecule has 0 radical (unpaired) electrons. The number of aromatic carboxylic acids is 1. The summed E-state index contributed by atoms with van der Waals surface area (Å²) in [4.78, 5) is 24.9. The van der Waals surface area contributed by atoms with E-state index in [1.165, 1.54) is 6.07 Å². The molecule has 3 atom stereocenters. The highest BCUT2D eigenvalue weighted by atomic mass is 16.5. The van der Waals surface area contributed by atoms with Gasteiger partial charge in [-0.15, -0.1) is 0 Å². The van der Waals surface area contributed by atoms with E-state index in [-0.39, 0.29) is 23.3 Å². The molecular weight excluding hydrogens is 361 g/mol. The Morgan fingerprint density at radius 2 is 2.29 bits per heavy atom. The van der Waals surface area contributed by atoms with Crippen LogP contribution in [0.1, 0.15) is 22.3 Å². The lowest BCUT2D eigenvalue weighted by atomic mass is 9.68. The molecule has 0 bridgehead atoms. The maximum Gasteiger partial charge on any atom is 0.570 e. The zero-order valence-corrected chi connectivity index (χ0v) is 15.7. The molecule has 1 aromatic carbocycles. The van der Waals surface area contributed by atoms with Crippen LogP contribution in [0.5, 0.6) is 5.75 Å². The highest BCUT2D eigenvalue weighted by Crippen LogP contribution is 2.31. The van der Waals surface area contributed by atoms with Crippen LogP contribution in [-0.4, -0.2) is 61.2 Å². The van der Waals surface area contributed by atoms with Gasteiger partial charge in [0.25, 0.3) is 0 Å². The van der Waals surface area contributed by atoms with Crippen molar-refractivity contribution >= 4 is 13.0 Å². The van der Waals surface area contributed by atoms with Crippen LogP contribution in [0.25, 0.3) is 0 Å². The number of carboxylic acid groups (broad SMARTS) is 1. The number of carboxylic acids is 1. The molecule has 28 heavy (non-hydrogen) atoms. The average Bonchev–Trinajstić information content (AvgIpc) is 2.68. The van der Waals surface area contributed by atoms with Crippen molar-refractivity contribution in [1.82, 2.24) is 10.2 Å². The lowest BCUT2D eigenvalue weighted by molar-refractivity contribution is 0.0694. The molecule has 2 heterocycles. The van der Waals surface area contributed by atoms with Gasteiger partial charge < -0.3 is 26.5 Å². The minimum atomic E-state index is -1.10. The van der Waals surface area contributed by atoms with E-state index >= 15 is 0 Å². The van der Waals surface area contributed by atoms with E-state index in [9.17, 15) is 14.8 Å². The van der Waals surface area contributed by atoms with E-state index in [0.717, 1.165) is 30.8 Å². The molecule has 0 aliphatic carbocycles. The number of carbonyl (C=O) groups is 1. The van der Waals surface area contributed by atoms with Crippen molar-refractivity contribution in [2.75, 3.05) is 26.2 Å². The largest absolute Gasteiger partial charge is 0.570 e. The molecule has 0 spiro atoms. The first kappa shape index (κ1) is 20.3. The Morgan fingerprint density at radius 1 is 1.50 bits per heavy atom. The summed E-state index contributed by atoms with van der Waals surface area (Å²) < 4.78 is 5.62. The predicted octanol–water partition coefficient (Wildman–Crippen LogP) is 0.193. The molecule has 2 aliphatic heterocycles. The fourth-order valence-electron chi connectivity index (χ4n) is 3.91. The van der Waals surface area contributed by atoms with Gasteiger partial charge >= 0.3 is 13.0 Å². The number of nitrogens with zero attached hydrogens (tertiary/aromatic N) is 2. The number of nitrogens with one attached hydrogen (secondary N) is 1. The summed E-state index contributed by atoms with van der Waals surface area (Å²) in [5, 5.41) is 15.6. The molecule has 3 unspecified atom stereocenters. The van der Waals surface area contributed by atoms with Crippen LogP contribution in [0.15, 0.2) is 35.6 Å². The Labute approximate surface area is 164 Å². The summed E-state index contributed by atoms with van der Waals surface area (Å²) in [6, 6.07) is 5.02. The third-order valence-corrected chi connectivity index (χ3v) is 5.44.